The Balaban J connectivity index is 2.57. The summed E-state index contributed by atoms with van der Waals surface area (Å²) in [4.78, 5) is 2.12. The number of nitrogens with zero attached hydrogens (tertiary/aromatic N) is 1. The van der Waals surface area contributed by atoms with Gasteiger partial charge in [0.2, 0.25) is 0 Å². The highest BCUT2D eigenvalue weighted by Gasteiger charge is 2.22. The molecule has 1 aromatic rings. The smallest absolute Gasteiger partial charge is 0.118 e. The average Bonchev–Trinajstić information content (AvgIpc) is 2.39. The van der Waals surface area contributed by atoms with Gasteiger partial charge in [-0.05, 0) is 45.1 Å². The number of hydrogen-bond acceptors (Lipinski definition) is 4. The minimum atomic E-state index is -0.287. The lowest BCUT2D eigenvalue weighted by Crippen LogP contribution is -2.49. The third-order valence-electron chi connectivity index (χ3n) is 3.21. The van der Waals surface area contributed by atoms with E-state index in [1.54, 1.807) is 7.11 Å². The highest BCUT2D eigenvalue weighted by molar-refractivity contribution is 5.28. The quantitative estimate of drug-likeness (QED) is 0.740. The predicted molar refractivity (Wildman–Crippen MR) is 78.7 cm³/mol. The van der Waals surface area contributed by atoms with Gasteiger partial charge in [-0.2, -0.15) is 0 Å². The predicted octanol–water partition coefficient (Wildman–Crippen LogP) is 1.14. The minimum absolute atomic E-state index is 0.118. The van der Waals surface area contributed by atoms with Crippen LogP contribution in [0, 0.1) is 0 Å². The van der Waals surface area contributed by atoms with Crippen LogP contribution in [0.2, 0.25) is 0 Å². The van der Waals surface area contributed by atoms with Crippen molar-refractivity contribution in [3.05, 3.63) is 29.8 Å². The van der Waals surface area contributed by atoms with Gasteiger partial charge in [-0.3, -0.25) is 0 Å². The maximum atomic E-state index is 9.61. The molecule has 4 nitrogen and oxygen atoms in total. The molecule has 0 aliphatic heterocycles. The first kappa shape index (κ1) is 16.0. The summed E-state index contributed by atoms with van der Waals surface area (Å²) in [6.45, 7) is 3.98. The van der Waals surface area contributed by atoms with Gasteiger partial charge >= 0.3 is 0 Å². The molecular formula is C15H26N2O2. The lowest BCUT2D eigenvalue weighted by atomic mass is 9.93. The van der Waals surface area contributed by atoms with Crippen molar-refractivity contribution in [1.82, 2.24) is 10.2 Å². The zero-order valence-electron chi connectivity index (χ0n) is 12.4. The van der Waals surface area contributed by atoms with E-state index in [0.717, 1.165) is 25.3 Å². The molecule has 1 aromatic carbocycles. The minimum Gasteiger partial charge on any atom is -0.497 e. The van der Waals surface area contributed by atoms with E-state index in [1.165, 1.54) is 5.56 Å². The number of likely N-dealkylation sites (N-methyl/N-ethyl adjacent to an activating group) is 1. The second kappa shape index (κ2) is 7.48. The van der Waals surface area contributed by atoms with Crippen LogP contribution in [0.1, 0.15) is 12.5 Å². The van der Waals surface area contributed by atoms with Gasteiger partial charge in [0.1, 0.15) is 5.75 Å². The molecule has 0 fully saturated rings. The van der Waals surface area contributed by atoms with Crippen molar-refractivity contribution in [2.45, 2.75) is 18.9 Å². The molecule has 0 aliphatic rings. The molecule has 0 bridgehead atoms. The number of aliphatic hydroxyl groups is 1. The molecule has 0 radical (unpaired) electrons. The van der Waals surface area contributed by atoms with E-state index in [-0.39, 0.29) is 12.1 Å². The van der Waals surface area contributed by atoms with Gasteiger partial charge in [-0.15, -0.1) is 0 Å². The maximum absolute atomic E-state index is 9.61. The monoisotopic (exact) mass is 266 g/mol. The van der Waals surface area contributed by atoms with Crippen molar-refractivity contribution in [1.29, 1.82) is 0 Å². The highest BCUT2D eigenvalue weighted by atomic mass is 16.5. The molecule has 0 aromatic heterocycles. The van der Waals surface area contributed by atoms with Gasteiger partial charge in [0.05, 0.1) is 13.7 Å². The fourth-order valence-electron chi connectivity index (χ4n) is 1.95. The van der Waals surface area contributed by atoms with Crippen LogP contribution in [-0.4, -0.2) is 56.4 Å². The fourth-order valence-corrected chi connectivity index (χ4v) is 1.95. The lowest BCUT2D eigenvalue weighted by Gasteiger charge is -2.30. The van der Waals surface area contributed by atoms with E-state index < -0.39 is 0 Å². The summed E-state index contributed by atoms with van der Waals surface area (Å²) >= 11 is 0. The Morgan fingerprint density at radius 3 is 2.37 bits per heavy atom. The molecule has 0 aliphatic carbocycles. The second-order valence-electron chi connectivity index (χ2n) is 5.47. The summed E-state index contributed by atoms with van der Waals surface area (Å²) in [5.74, 6) is 0.856. The Morgan fingerprint density at radius 1 is 1.26 bits per heavy atom. The van der Waals surface area contributed by atoms with Crippen molar-refractivity contribution in [3.8, 4) is 5.75 Å². The van der Waals surface area contributed by atoms with Crippen LogP contribution in [0.3, 0.4) is 0 Å². The van der Waals surface area contributed by atoms with Gasteiger partial charge in [0, 0.05) is 18.6 Å². The van der Waals surface area contributed by atoms with Crippen LogP contribution in [0.5, 0.6) is 5.75 Å². The molecule has 0 spiro atoms. The first-order valence-corrected chi connectivity index (χ1v) is 6.62. The molecule has 1 unspecified atom stereocenters. The van der Waals surface area contributed by atoms with Crippen LogP contribution >= 0.6 is 0 Å². The molecule has 0 amide bonds. The van der Waals surface area contributed by atoms with Crippen molar-refractivity contribution in [3.63, 3.8) is 0 Å². The number of ether oxygens (including phenoxy) is 1. The van der Waals surface area contributed by atoms with Gasteiger partial charge in [-0.1, -0.05) is 12.1 Å². The third-order valence-corrected chi connectivity index (χ3v) is 3.21. The van der Waals surface area contributed by atoms with Crippen LogP contribution in [0.15, 0.2) is 24.3 Å². The van der Waals surface area contributed by atoms with Gasteiger partial charge in [0.15, 0.2) is 0 Å². The van der Waals surface area contributed by atoms with Crippen LogP contribution in [0.4, 0.5) is 0 Å². The maximum Gasteiger partial charge on any atom is 0.118 e. The zero-order valence-corrected chi connectivity index (χ0v) is 12.4. The first-order chi connectivity index (χ1) is 8.99. The third kappa shape index (κ3) is 5.59. The lowest BCUT2D eigenvalue weighted by molar-refractivity contribution is 0.170. The molecule has 1 rings (SSSR count). The molecule has 0 saturated heterocycles. The first-order valence-electron chi connectivity index (χ1n) is 6.62. The average molecular weight is 266 g/mol. The summed E-state index contributed by atoms with van der Waals surface area (Å²) in [7, 11) is 5.75. The highest BCUT2D eigenvalue weighted by Crippen LogP contribution is 2.16. The van der Waals surface area contributed by atoms with E-state index in [9.17, 15) is 5.11 Å². The van der Waals surface area contributed by atoms with Crippen LogP contribution < -0.4 is 10.1 Å². The Hall–Kier alpha value is -1.10. The van der Waals surface area contributed by atoms with Crippen molar-refractivity contribution >= 4 is 0 Å². The summed E-state index contributed by atoms with van der Waals surface area (Å²) in [5, 5.41) is 13.0. The van der Waals surface area contributed by atoms with Crippen molar-refractivity contribution in [2.75, 3.05) is 40.9 Å². The van der Waals surface area contributed by atoms with E-state index in [1.807, 2.05) is 45.3 Å². The molecule has 2 N–H and O–H groups in total. The molecule has 108 valence electrons. The second-order valence-corrected chi connectivity index (χ2v) is 5.47. The van der Waals surface area contributed by atoms with E-state index in [2.05, 4.69) is 10.2 Å². The number of rotatable bonds is 8. The van der Waals surface area contributed by atoms with Gasteiger partial charge < -0.3 is 20.1 Å². The standard InChI is InChI=1S/C15H26N2O2/c1-15(12-18,16-9-10-17(2)3)11-13-5-7-14(19-4)8-6-13/h5-8,16,18H,9-12H2,1-4H3. The Kier molecular flexibility index (Phi) is 6.28. The van der Waals surface area contributed by atoms with Crippen LogP contribution in [-0.2, 0) is 6.42 Å². The molecule has 4 heteroatoms. The number of hydrogen-bond donors (Lipinski definition) is 2. The van der Waals surface area contributed by atoms with Crippen molar-refractivity contribution < 1.29 is 9.84 Å². The van der Waals surface area contributed by atoms with Gasteiger partial charge in [0.25, 0.3) is 0 Å². The normalized spacial score (nSPS) is 14.4. The number of nitrogens with one attached hydrogen (secondary N) is 1. The summed E-state index contributed by atoms with van der Waals surface area (Å²) in [6.07, 6.45) is 0.793. The number of benzene rings is 1. The number of methoxy groups -OCH3 is 1. The Labute approximate surface area is 116 Å². The zero-order chi connectivity index (χ0) is 14.3. The van der Waals surface area contributed by atoms with Crippen molar-refractivity contribution in [2.24, 2.45) is 0 Å². The topological polar surface area (TPSA) is 44.7 Å². The summed E-state index contributed by atoms with van der Waals surface area (Å²) in [6, 6.07) is 7.99. The molecule has 1 atom stereocenters. The Morgan fingerprint density at radius 2 is 1.89 bits per heavy atom. The number of aliphatic hydroxyl groups excluding tert-OH is 1. The summed E-state index contributed by atoms with van der Waals surface area (Å²) < 4.78 is 5.15. The molecule has 0 heterocycles. The molecular weight excluding hydrogens is 240 g/mol. The van der Waals surface area contributed by atoms with Gasteiger partial charge in [-0.25, -0.2) is 0 Å². The summed E-state index contributed by atoms with van der Waals surface area (Å²) in [5.41, 5.74) is 0.902. The molecule has 0 saturated carbocycles. The van der Waals surface area contributed by atoms with Crippen LogP contribution in [0.25, 0.3) is 0 Å². The Bertz CT molecular complexity index is 365. The SMILES string of the molecule is COc1ccc(CC(C)(CO)NCCN(C)C)cc1. The van der Waals surface area contributed by atoms with E-state index in [0.29, 0.717) is 0 Å². The largest absolute Gasteiger partial charge is 0.497 e. The van der Waals surface area contributed by atoms with E-state index >= 15 is 0 Å². The van der Waals surface area contributed by atoms with E-state index in [4.69, 9.17) is 4.74 Å². The molecule has 19 heavy (non-hydrogen) atoms. The fraction of sp³-hybridized carbons (Fsp3) is 0.600.